The summed E-state index contributed by atoms with van der Waals surface area (Å²) >= 11 is 0. The topological polar surface area (TPSA) is 114 Å². The quantitative estimate of drug-likeness (QED) is 0.363. The molecule has 0 saturated carbocycles. The maximum atomic E-state index is 13.0. The number of oxazole rings is 1. The highest BCUT2D eigenvalue weighted by atomic mass is 19.1. The summed E-state index contributed by atoms with van der Waals surface area (Å²) in [7, 11) is 0. The zero-order valence-corrected chi connectivity index (χ0v) is 14.8. The van der Waals surface area contributed by atoms with E-state index in [0.717, 1.165) is 6.07 Å². The Hall–Kier alpha value is -3.95. The van der Waals surface area contributed by atoms with E-state index in [1.54, 1.807) is 0 Å². The molecule has 148 valence electrons. The molecule has 10 heteroatoms. The molecular weight excluding hydrogens is 387 g/mol. The van der Waals surface area contributed by atoms with Crippen LogP contribution in [0.15, 0.2) is 47.1 Å². The first-order valence-corrected chi connectivity index (χ1v) is 8.47. The summed E-state index contributed by atoms with van der Waals surface area (Å²) in [5.74, 6) is -0.661. The van der Waals surface area contributed by atoms with Crippen LogP contribution in [0.4, 0.5) is 10.1 Å². The second-order valence-corrected chi connectivity index (χ2v) is 6.00. The van der Waals surface area contributed by atoms with Gasteiger partial charge in [0.05, 0.1) is 11.0 Å². The molecule has 0 radical (unpaired) electrons. The molecule has 0 aliphatic carbocycles. The predicted molar refractivity (Wildman–Crippen MR) is 95.1 cm³/mol. The first kappa shape index (κ1) is 18.4. The van der Waals surface area contributed by atoms with E-state index in [9.17, 15) is 19.3 Å². The lowest BCUT2D eigenvalue weighted by atomic mass is 10.1. The van der Waals surface area contributed by atoms with Gasteiger partial charge in [0.1, 0.15) is 43.2 Å². The van der Waals surface area contributed by atoms with Crippen molar-refractivity contribution in [1.29, 1.82) is 0 Å². The van der Waals surface area contributed by atoms with Crippen LogP contribution in [0.1, 0.15) is 16.1 Å². The monoisotopic (exact) mass is 400 g/mol. The number of fused-ring (bicyclic) bond motifs is 1. The Labute approximate surface area is 162 Å². The van der Waals surface area contributed by atoms with Crippen LogP contribution in [0.3, 0.4) is 0 Å². The van der Waals surface area contributed by atoms with Crippen LogP contribution in [0.25, 0.3) is 11.5 Å². The summed E-state index contributed by atoms with van der Waals surface area (Å²) in [6.45, 7) is 0.260. The molecule has 0 bridgehead atoms. The molecular formula is C19H13FN2O7. The highest BCUT2D eigenvalue weighted by Crippen LogP contribution is 2.37. The fraction of sp³-hybridized carbons (Fsp3) is 0.158. The van der Waals surface area contributed by atoms with Gasteiger partial charge < -0.3 is 18.6 Å². The highest BCUT2D eigenvalue weighted by molar-refractivity contribution is 5.95. The molecule has 0 atom stereocenters. The zero-order valence-electron chi connectivity index (χ0n) is 14.8. The van der Waals surface area contributed by atoms with Crippen LogP contribution < -0.4 is 9.47 Å². The lowest BCUT2D eigenvalue weighted by Crippen LogP contribution is -2.17. The van der Waals surface area contributed by atoms with Gasteiger partial charge in [-0.3, -0.25) is 10.1 Å². The minimum Gasteiger partial charge on any atom is -0.486 e. The third kappa shape index (κ3) is 3.86. The number of nitrogens with zero attached hydrogens (tertiary/aromatic N) is 2. The number of hydrogen-bond acceptors (Lipinski definition) is 8. The summed E-state index contributed by atoms with van der Waals surface area (Å²) in [5.41, 5.74) is 0.122. The van der Waals surface area contributed by atoms with E-state index in [-0.39, 0.29) is 48.5 Å². The molecule has 0 amide bonds. The summed E-state index contributed by atoms with van der Waals surface area (Å²) in [6.07, 6.45) is 1.28. The minimum atomic E-state index is -0.917. The number of esters is 1. The molecule has 0 saturated heterocycles. The Balaban J connectivity index is 1.50. The van der Waals surface area contributed by atoms with Gasteiger partial charge in [-0.15, -0.1) is 0 Å². The SMILES string of the molecule is O=C(OCc1coc(-c2ccc(F)cc2)n1)c1cc2c(cc1[N+](=O)[O-])OCCO2. The fourth-order valence-electron chi connectivity index (χ4n) is 2.71. The van der Waals surface area contributed by atoms with E-state index in [1.807, 2.05) is 0 Å². The van der Waals surface area contributed by atoms with Gasteiger partial charge in [-0.25, -0.2) is 14.2 Å². The first-order valence-electron chi connectivity index (χ1n) is 8.47. The van der Waals surface area contributed by atoms with E-state index in [2.05, 4.69) is 4.98 Å². The van der Waals surface area contributed by atoms with Crippen molar-refractivity contribution in [2.75, 3.05) is 13.2 Å². The Morgan fingerprint density at radius 2 is 1.86 bits per heavy atom. The Bertz CT molecular complexity index is 1080. The molecule has 0 spiro atoms. The summed E-state index contributed by atoms with van der Waals surface area (Å²) in [4.78, 5) is 27.2. The number of aromatic nitrogens is 1. The van der Waals surface area contributed by atoms with Gasteiger partial charge in [-0.05, 0) is 24.3 Å². The fourth-order valence-corrected chi connectivity index (χ4v) is 2.71. The number of halogens is 1. The molecule has 0 N–H and O–H groups in total. The van der Waals surface area contributed by atoms with Gasteiger partial charge >= 0.3 is 5.97 Å². The predicted octanol–water partition coefficient (Wildman–Crippen LogP) is 3.52. The molecule has 1 aliphatic rings. The molecule has 0 unspecified atom stereocenters. The maximum absolute atomic E-state index is 13.0. The second-order valence-electron chi connectivity index (χ2n) is 6.00. The maximum Gasteiger partial charge on any atom is 0.345 e. The third-order valence-corrected chi connectivity index (χ3v) is 4.07. The smallest absolute Gasteiger partial charge is 0.345 e. The number of hydrogen-bond donors (Lipinski definition) is 0. The van der Waals surface area contributed by atoms with Crippen molar-refractivity contribution in [3.05, 3.63) is 69.9 Å². The number of carbonyl (C=O) groups excluding carboxylic acids is 1. The number of rotatable bonds is 5. The molecule has 0 fully saturated rings. The van der Waals surface area contributed by atoms with Crippen LogP contribution in [-0.4, -0.2) is 29.1 Å². The summed E-state index contributed by atoms with van der Waals surface area (Å²) < 4.78 is 34.1. The molecule has 1 aromatic heterocycles. The summed E-state index contributed by atoms with van der Waals surface area (Å²) in [5, 5.41) is 11.3. The number of nitro groups is 1. The minimum absolute atomic E-state index is 0.194. The van der Waals surface area contributed by atoms with E-state index < -0.39 is 22.4 Å². The van der Waals surface area contributed by atoms with E-state index in [4.69, 9.17) is 18.6 Å². The largest absolute Gasteiger partial charge is 0.486 e. The van der Waals surface area contributed by atoms with Gasteiger partial charge in [0.15, 0.2) is 11.5 Å². The molecule has 29 heavy (non-hydrogen) atoms. The molecule has 1 aliphatic heterocycles. The van der Waals surface area contributed by atoms with E-state index >= 15 is 0 Å². The van der Waals surface area contributed by atoms with Gasteiger partial charge in [-0.1, -0.05) is 0 Å². The highest BCUT2D eigenvalue weighted by Gasteiger charge is 2.27. The van der Waals surface area contributed by atoms with Gasteiger partial charge in [0.25, 0.3) is 5.69 Å². The van der Waals surface area contributed by atoms with Crippen molar-refractivity contribution in [2.45, 2.75) is 6.61 Å². The molecule has 3 aromatic rings. The molecule has 2 heterocycles. The summed E-state index contributed by atoms with van der Waals surface area (Å²) in [6, 6.07) is 7.88. The number of benzene rings is 2. The van der Waals surface area contributed by atoms with Crippen LogP contribution in [0, 0.1) is 15.9 Å². The van der Waals surface area contributed by atoms with E-state index in [0.29, 0.717) is 5.56 Å². The Morgan fingerprint density at radius 1 is 1.17 bits per heavy atom. The average Bonchev–Trinajstić information content (AvgIpc) is 3.20. The van der Waals surface area contributed by atoms with Gasteiger partial charge in [-0.2, -0.15) is 0 Å². The van der Waals surface area contributed by atoms with Crippen molar-refractivity contribution >= 4 is 11.7 Å². The third-order valence-electron chi connectivity index (χ3n) is 4.07. The van der Waals surface area contributed by atoms with E-state index in [1.165, 1.54) is 36.6 Å². The number of ether oxygens (including phenoxy) is 3. The second kappa shape index (κ2) is 7.58. The van der Waals surface area contributed by atoms with Crippen LogP contribution >= 0.6 is 0 Å². The lowest BCUT2D eigenvalue weighted by molar-refractivity contribution is -0.385. The van der Waals surface area contributed by atoms with Gasteiger partial charge in [0, 0.05) is 11.6 Å². The number of carbonyl (C=O) groups is 1. The van der Waals surface area contributed by atoms with Crippen LogP contribution in [0.2, 0.25) is 0 Å². The standard InChI is InChI=1S/C19H13FN2O7/c20-12-3-1-11(2-4-12)18-21-13(9-28-18)10-29-19(23)14-7-16-17(27-6-5-26-16)8-15(14)22(24)25/h1-4,7-9H,5-6,10H2. The molecule has 4 rings (SSSR count). The average molecular weight is 400 g/mol. The van der Waals surface area contributed by atoms with Crippen LogP contribution in [0.5, 0.6) is 11.5 Å². The van der Waals surface area contributed by atoms with Crippen molar-refractivity contribution in [3.63, 3.8) is 0 Å². The number of nitro benzene ring substituents is 1. The lowest BCUT2D eigenvalue weighted by Gasteiger charge is -2.18. The van der Waals surface area contributed by atoms with Gasteiger partial charge in [0.2, 0.25) is 5.89 Å². The van der Waals surface area contributed by atoms with Crippen molar-refractivity contribution < 1.29 is 32.7 Å². The Morgan fingerprint density at radius 3 is 2.55 bits per heavy atom. The zero-order chi connectivity index (χ0) is 20.4. The normalized spacial score (nSPS) is 12.4. The molecule has 2 aromatic carbocycles. The Kier molecular flexibility index (Phi) is 4.82. The van der Waals surface area contributed by atoms with Crippen molar-refractivity contribution in [2.24, 2.45) is 0 Å². The van der Waals surface area contributed by atoms with Crippen molar-refractivity contribution in [3.8, 4) is 23.0 Å². The van der Waals surface area contributed by atoms with Crippen LogP contribution in [-0.2, 0) is 11.3 Å². The molecule has 9 nitrogen and oxygen atoms in total. The van der Waals surface area contributed by atoms with Crippen molar-refractivity contribution in [1.82, 2.24) is 4.98 Å². The first-order chi connectivity index (χ1) is 14.0.